The van der Waals surface area contributed by atoms with Crippen LogP contribution in [0.1, 0.15) is 19.3 Å². The van der Waals surface area contributed by atoms with E-state index in [1.807, 2.05) is 36.4 Å². The van der Waals surface area contributed by atoms with E-state index >= 15 is 0 Å². The number of hydrogen-bond donors (Lipinski definition) is 1. The molecule has 1 aliphatic carbocycles. The quantitative estimate of drug-likeness (QED) is 0.891. The third-order valence-electron chi connectivity index (χ3n) is 3.87. The highest BCUT2D eigenvalue weighted by Gasteiger charge is 2.38. The molecule has 112 valence electrons. The molecule has 21 heavy (non-hydrogen) atoms. The summed E-state index contributed by atoms with van der Waals surface area (Å²) >= 11 is 0. The lowest BCUT2D eigenvalue weighted by atomic mass is 10.1. The summed E-state index contributed by atoms with van der Waals surface area (Å²) in [6.07, 6.45) is 2.60. The van der Waals surface area contributed by atoms with Crippen molar-refractivity contribution in [3.05, 3.63) is 42.5 Å². The zero-order valence-corrected chi connectivity index (χ0v) is 12.7. The van der Waals surface area contributed by atoms with Crippen molar-refractivity contribution in [2.75, 3.05) is 13.1 Å². The second kappa shape index (κ2) is 5.75. The van der Waals surface area contributed by atoms with E-state index in [-0.39, 0.29) is 6.04 Å². The SMILES string of the molecule is NCCCN(C1CC1)S(=O)(=O)c1cccc2ccccc12. The molecule has 0 amide bonds. The maximum atomic E-state index is 13.0. The molecule has 0 bridgehead atoms. The van der Waals surface area contributed by atoms with Crippen molar-refractivity contribution in [2.24, 2.45) is 5.73 Å². The Morgan fingerprint density at radius 3 is 2.52 bits per heavy atom. The van der Waals surface area contributed by atoms with Crippen molar-refractivity contribution in [3.8, 4) is 0 Å². The van der Waals surface area contributed by atoms with Crippen LogP contribution in [0.25, 0.3) is 10.8 Å². The second-order valence-electron chi connectivity index (χ2n) is 5.47. The van der Waals surface area contributed by atoms with Gasteiger partial charge in [-0.2, -0.15) is 4.31 Å². The van der Waals surface area contributed by atoms with Crippen molar-refractivity contribution >= 4 is 20.8 Å². The maximum Gasteiger partial charge on any atom is 0.243 e. The van der Waals surface area contributed by atoms with Gasteiger partial charge in [-0.25, -0.2) is 8.42 Å². The highest BCUT2D eigenvalue weighted by atomic mass is 32.2. The fourth-order valence-corrected chi connectivity index (χ4v) is 4.60. The zero-order chi connectivity index (χ0) is 14.9. The lowest BCUT2D eigenvalue weighted by Gasteiger charge is -2.22. The first-order valence-corrected chi connectivity index (χ1v) is 8.78. The summed E-state index contributed by atoms with van der Waals surface area (Å²) in [6.45, 7) is 1.01. The molecule has 1 fully saturated rings. The smallest absolute Gasteiger partial charge is 0.243 e. The van der Waals surface area contributed by atoms with Gasteiger partial charge in [0.2, 0.25) is 10.0 Å². The molecule has 0 spiro atoms. The van der Waals surface area contributed by atoms with Crippen LogP contribution in [0.15, 0.2) is 47.4 Å². The molecule has 1 aliphatic rings. The third-order valence-corrected chi connectivity index (χ3v) is 5.88. The molecular weight excluding hydrogens is 284 g/mol. The Kier molecular flexibility index (Phi) is 3.97. The number of fused-ring (bicyclic) bond motifs is 1. The predicted octanol–water partition coefficient (Wildman–Crippen LogP) is 2.34. The van der Waals surface area contributed by atoms with E-state index in [1.54, 1.807) is 10.4 Å². The number of sulfonamides is 1. The fourth-order valence-electron chi connectivity index (χ4n) is 2.66. The molecule has 3 rings (SSSR count). The molecule has 2 aromatic rings. The molecule has 0 aromatic heterocycles. The molecule has 4 nitrogen and oxygen atoms in total. The van der Waals surface area contributed by atoms with Crippen LogP contribution in [0.4, 0.5) is 0 Å². The molecule has 0 unspecified atom stereocenters. The summed E-state index contributed by atoms with van der Waals surface area (Å²) in [5.41, 5.74) is 5.55. The van der Waals surface area contributed by atoms with Gasteiger partial charge in [0, 0.05) is 18.0 Å². The van der Waals surface area contributed by atoms with Gasteiger partial charge in [-0.15, -0.1) is 0 Å². The standard InChI is InChI=1S/C16H20N2O2S/c17-11-4-12-18(14-9-10-14)21(19,20)16-8-3-6-13-5-1-2-7-15(13)16/h1-3,5-8,14H,4,9-12,17H2. The largest absolute Gasteiger partial charge is 0.330 e. The van der Waals surface area contributed by atoms with Gasteiger partial charge >= 0.3 is 0 Å². The van der Waals surface area contributed by atoms with Gasteiger partial charge in [-0.1, -0.05) is 36.4 Å². The highest BCUT2D eigenvalue weighted by Crippen LogP contribution is 2.34. The molecule has 2 N–H and O–H groups in total. The van der Waals surface area contributed by atoms with E-state index in [9.17, 15) is 8.42 Å². The van der Waals surface area contributed by atoms with Crippen LogP contribution < -0.4 is 5.73 Å². The van der Waals surface area contributed by atoms with Gasteiger partial charge < -0.3 is 5.73 Å². The predicted molar refractivity (Wildman–Crippen MR) is 84.5 cm³/mol. The molecule has 5 heteroatoms. The third kappa shape index (κ3) is 2.81. The Hall–Kier alpha value is -1.43. The minimum Gasteiger partial charge on any atom is -0.330 e. The average molecular weight is 304 g/mol. The molecule has 0 atom stereocenters. The van der Waals surface area contributed by atoms with E-state index in [0.717, 1.165) is 23.6 Å². The van der Waals surface area contributed by atoms with Crippen LogP contribution in [0.5, 0.6) is 0 Å². The Balaban J connectivity index is 2.06. The topological polar surface area (TPSA) is 63.4 Å². The van der Waals surface area contributed by atoms with Crippen LogP contribution in [-0.4, -0.2) is 31.9 Å². The summed E-state index contributed by atoms with van der Waals surface area (Å²) in [4.78, 5) is 0.407. The fraction of sp³-hybridized carbons (Fsp3) is 0.375. The molecule has 1 saturated carbocycles. The summed E-state index contributed by atoms with van der Waals surface area (Å²) < 4.78 is 27.7. The Labute approximate surface area is 125 Å². The first-order chi connectivity index (χ1) is 10.1. The number of nitrogens with two attached hydrogens (primary N) is 1. The van der Waals surface area contributed by atoms with E-state index in [1.165, 1.54) is 0 Å². The van der Waals surface area contributed by atoms with Crippen LogP contribution in [-0.2, 0) is 10.0 Å². The lowest BCUT2D eigenvalue weighted by molar-refractivity contribution is 0.400. The number of nitrogens with zero attached hydrogens (tertiary/aromatic N) is 1. The molecule has 0 aliphatic heterocycles. The van der Waals surface area contributed by atoms with Crippen molar-refractivity contribution in [1.29, 1.82) is 0 Å². The van der Waals surface area contributed by atoms with E-state index in [2.05, 4.69) is 0 Å². The van der Waals surface area contributed by atoms with Crippen LogP contribution in [0.2, 0.25) is 0 Å². The summed E-state index contributed by atoms with van der Waals surface area (Å²) in [5.74, 6) is 0. The number of rotatable bonds is 6. The Bertz CT molecular complexity index is 734. The minimum absolute atomic E-state index is 0.153. The van der Waals surface area contributed by atoms with E-state index in [4.69, 9.17) is 5.73 Å². The van der Waals surface area contributed by atoms with Gasteiger partial charge in [0.15, 0.2) is 0 Å². The maximum absolute atomic E-state index is 13.0. The van der Waals surface area contributed by atoms with Crippen molar-refractivity contribution in [2.45, 2.75) is 30.2 Å². The van der Waals surface area contributed by atoms with E-state index < -0.39 is 10.0 Å². The van der Waals surface area contributed by atoms with Crippen molar-refractivity contribution < 1.29 is 8.42 Å². The van der Waals surface area contributed by atoms with Crippen LogP contribution in [0.3, 0.4) is 0 Å². The first kappa shape index (κ1) is 14.5. The van der Waals surface area contributed by atoms with Crippen molar-refractivity contribution in [1.82, 2.24) is 4.31 Å². The lowest BCUT2D eigenvalue weighted by Crippen LogP contribution is -2.35. The highest BCUT2D eigenvalue weighted by molar-refractivity contribution is 7.89. The van der Waals surface area contributed by atoms with Gasteiger partial charge in [0.1, 0.15) is 0 Å². The molecule has 0 heterocycles. The van der Waals surface area contributed by atoms with Crippen LogP contribution in [0, 0.1) is 0 Å². The second-order valence-corrected chi connectivity index (χ2v) is 7.33. The van der Waals surface area contributed by atoms with E-state index in [0.29, 0.717) is 24.4 Å². The Morgan fingerprint density at radius 2 is 1.81 bits per heavy atom. The summed E-state index contributed by atoms with van der Waals surface area (Å²) in [5, 5.41) is 1.74. The molecular formula is C16H20N2O2S. The number of hydrogen-bond acceptors (Lipinski definition) is 3. The molecule has 0 saturated heterocycles. The van der Waals surface area contributed by atoms with Gasteiger partial charge in [0.05, 0.1) is 4.90 Å². The Morgan fingerprint density at radius 1 is 1.10 bits per heavy atom. The van der Waals surface area contributed by atoms with Gasteiger partial charge in [-0.3, -0.25) is 0 Å². The molecule has 2 aromatic carbocycles. The minimum atomic E-state index is -3.46. The van der Waals surface area contributed by atoms with Gasteiger partial charge in [0.25, 0.3) is 0 Å². The van der Waals surface area contributed by atoms with Crippen LogP contribution >= 0.6 is 0 Å². The van der Waals surface area contributed by atoms with Gasteiger partial charge in [-0.05, 0) is 37.3 Å². The molecule has 0 radical (unpaired) electrons. The normalized spacial score (nSPS) is 15.7. The van der Waals surface area contributed by atoms with Crippen molar-refractivity contribution in [3.63, 3.8) is 0 Å². The zero-order valence-electron chi connectivity index (χ0n) is 11.9. The first-order valence-electron chi connectivity index (χ1n) is 7.34. The summed E-state index contributed by atoms with van der Waals surface area (Å²) in [7, 11) is -3.46. The number of benzene rings is 2. The average Bonchev–Trinajstić information content (AvgIpc) is 3.31. The summed E-state index contributed by atoms with van der Waals surface area (Å²) in [6, 6.07) is 13.2. The monoisotopic (exact) mass is 304 g/mol.